The number of carbonyl (C=O) groups excluding carboxylic acids is 1. The van der Waals surface area contributed by atoms with Crippen molar-refractivity contribution in [1.29, 1.82) is 0 Å². The van der Waals surface area contributed by atoms with E-state index in [9.17, 15) is 4.79 Å². The lowest BCUT2D eigenvalue weighted by Crippen LogP contribution is -2.11. The zero-order valence-corrected chi connectivity index (χ0v) is 12.1. The van der Waals surface area contributed by atoms with Gasteiger partial charge in [-0.3, -0.25) is 4.79 Å². The lowest BCUT2D eigenvalue weighted by atomic mass is 10.0. The summed E-state index contributed by atoms with van der Waals surface area (Å²) in [5.74, 6) is 0.963. The molecule has 2 nitrogen and oxygen atoms in total. The van der Waals surface area contributed by atoms with E-state index < -0.39 is 0 Å². The first-order chi connectivity index (χ1) is 7.91. The summed E-state index contributed by atoms with van der Waals surface area (Å²) < 4.78 is 5.20. The molecule has 0 aliphatic rings. The molecule has 0 spiro atoms. The minimum absolute atomic E-state index is 0.0460. The van der Waals surface area contributed by atoms with Crippen molar-refractivity contribution >= 4 is 5.97 Å². The molecule has 1 atom stereocenters. The van der Waals surface area contributed by atoms with Crippen LogP contribution in [0.3, 0.4) is 0 Å². The minimum Gasteiger partial charge on any atom is -0.466 e. The Morgan fingerprint density at radius 3 is 2.35 bits per heavy atom. The average molecular weight is 240 g/mol. The fourth-order valence-electron chi connectivity index (χ4n) is 1.51. The van der Waals surface area contributed by atoms with Gasteiger partial charge < -0.3 is 4.74 Å². The largest absolute Gasteiger partial charge is 0.466 e. The van der Waals surface area contributed by atoms with E-state index in [1.165, 1.54) is 5.57 Å². The summed E-state index contributed by atoms with van der Waals surface area (Å²) in [5.41, 5.74) is 1.34. The highest BCUT2D eigenvalue weighted by molar-refractivity contribution is 5.69. The predicted molar refractivity (Wildman–Crippen MR) is 72.9 cm³/mol. The van der Waals surface area contributed by atoms with Gasteiger partial charge in [-0.05, 0) is 44.9 Å². The molecule has 0 N–H and O–H groups in total. The van der Waals surface area contributed by atoms with Gasteiger partial charge in [0.15, 0.2) is 0 Å². The Morgan fingerprint density at radius 1 is 1.18 bits per heavy atom. The third-order valence-electron chi connectivity index (χ3n) is 2.69. The molecule has 0 heterocycles. The highest BCUT2D eigenvalue weighted by Gasteiger charge is 2.09. The first kappa shape index (κ1) is 16.2. The zero-order chi connectivity index (χ0) is 13.3. The second-order valence-electron chi connectivity index (χ2n) is 5.57. The zero-order valence-electron chi connectivity index (χ0n) is 12.1. The summed E-state index contributed by atoms with van der Waals surface area (Å²) in [7, 11) is 0. The van der Waals surface area contributed by atoms with Crippen LogP contribution in [0, 0.1) is 11.8 Å². The third-order valence-corrected chi connectivity index (χ3v) is 2.69. The molecule has 2 heteroatoms. The lowest BCUT2D eigenvalue weighted by molar-refractivity contribution is -0.145. The lowest BCUT2D eigenvalue weighted by Gasteiger charge is -2.11. The van der Waals surface area contributed by atoms with E-state index in [0.717, 1.165) is 19.3 Å². The Balaban J connectivity index is 3.62. The molecule has 0 radical (unpaired) electrons. The van der Waals surface area contributed by atoms with Crippen molar-refractivity contribution in [1.82, 2.24) is 0 Å². The highest BCUT2D eigenvalue weighted by Crippen LogP contribution is 2.13. The minimum atomic E-state index is -0.0460. The topological polar surface area (TPSA) is 26.3 Å². The van der Waals surface area contributed by atoms with Gasteiger partial charge in [-0.15, -0.1) is 0 Å². The molecule has 0 aliphatic heterocycles. The number of carbonyl (C=O) groups is 1. The van der Waals surface area contributed by atoms with Crippen LogP contribution in [0.15, 0.2) is 11.6 Å². The number of hydrogen-bond acceptors (Lipinski definition) is 2. The number of hydrogen-bond donors (Lipinski definition) is 0. The van der Waals surface area contributed by atoms with Crippen LogP contribution >= 0.6 is 0 Å². The summed E-state index contributed by atoms with van der Waals surface area (Å²) in [4.78, 5) is 11.5. The van der Waals surface area contributed by atoms with Gasteiger partial charge in [0.25, 0.3) is 0 Å². The van der Waals surface area contributed by atoms with Crippen LogP contribution in [0.2, 0.25) is 0 Å². The Bertz CT molecular complexity index is 237. The number of ether oxygens (including phenoxy) is 1. The number of esters is 1. The molecule has 0 aliphatic carbocycles. The van der Waals surface area contributed by atoms with Gasteiger partial charge in [0.05, 0.1) is 6.61 Å². The summed E-state index contributed by atoms with van der Waals surface area (Å²) in [5, 5.41) is 0. The number of allylic oxidation sites excluding steroid dienone is 2. The van der Waals surface area contributed by atoms with Crippen molar-refractivity contribution in [3.05, 3.63) is 11.6 Å². The molecule has 0 bridgehead atoms. The maximum atomic E-state index is 11.5. The van der Waals surface area contributed by atoms with Crippen molar-refractivity contribution in [3.8, 4) is 0 Å². The molecule has 0 amide bonds. The standard InChI is InChI=1S/C15H28O2/c1-12(2)7-6-8-14(5)11-15(16)17-10-9-13(3)4/h7,13-14H,6,8-11H2,1-5H3/t14-/m1/s1. The van der Waals surface area contributed by atoms with E-state index in [1.54, 1.807) is 0 Å². The van der Waals surface area contributed by atoms with Crippen LogP contribution in [-0.4, -0.2) is 12.6 Å². The summed E-state index contributed by atoms with van der Waals surface area (Å²) in [6.07, 6.45) is 5.85. The van der Waals surface area contributed by atoms with Crippen LogP contribution in [0.25, 0.3) is 0 Å². The Morgan fingerprint density at radius 2 is 1.82 bits per heavy atom. The summed E-state index contributed by atoms with van der Waals surface area (Å²) in [6.45, 7) is 11.2. The van der Waals surface area contributed by atoms with Crippen LogP contribution in [0.1, 0.15) is 60.3 Å². The van der Waals surface area contributed by atoms with Gasteiger partial charge in [-0.1, -0.05) is 32.4 Å². The molecule has 0 aromatic carbocycles. The van der Waals surface area contributed by atoms with Crippen LogP contribution < -0.4 is 0 Å². The van der Waals surface area contributed by atoms with E-state index in [4.69, 9.17) is 4.74 Å². The van der Waals surface area contributed by atoms with Gasteiger partial charge in [0.1, 0.15) is 0 Å². The van der Waals surface area contributed by atoms with Gasteiger partial charge in [0.2, 0.25) is 0 Å². The summed E-state index contributed by atoms with van der Waals surface area (Å²) in [6, 6.07) is 0. The molecule has 17 heavy (non-hydrogen) atoms. The van der Waals surface area contributed by atoms with Gasteiger partial charge in [-0.2, -0.15) is 0 Å². The van der Waals surface area contributed by atoms with Gasteiger partial charge >= 0.3 is 5.97 Å². The third kappa shape index (κ3) is 11.5. The first-order valence-electron chi connectivity index (χ1n) is 6.70. The van der Waals surface area contributed by atoms with E-state index in [-0.39, 0.29) is 5.97 Å². The summed E-state index contributed by atoms with van der Waals surface area (Å²) >= 11 is 0. The van der Waals surface area contributed by atoms with E-state index in [0.29, 0.717) is 24.9 Å². The molecule has 0 saturated heterocycles. The van der Waals surface area contributed by atoms with Gasteiger partial charge in [0, 0.05) is 6.42 Å². The molecule has 0 saturated carbocycles. The predicted octanol–water partition coefficient (Wildman–Crippen LogP) is 4.35. The van der Waals surface area contributed by atoms with Gasteiger partial charge in [-0.25, -0.2) is 0 Å². The van der Waals surface area contributed by atoms with Crippen molar-refractivity contribution in [3.63, 3.8) is 0 Å². The van der Waals surface area contributed by atoms with Crippen molar-refractivity contribution in [2.75, 3.05) is 6.61 Å². The average Bonchev–Trinajstić information content (AvgIpc) is 2.15. The number of rotatable bonds is 8. The molecule has 0 aromatic rings. The normalized spacial score (nSPS) is 12.4. The van der Waals surface area contributed by atoms with E-state index in [2.05, 4.69) is 40.7 Å². The Hall–Kier alpha value is -0.790. The first-order valence-corrected chi connectivity index (χ1v) is 6.70. The second-order valence-corrected chi connectivity index (χ2v) is 5.57. The van der Waals surface area contributed by atoms with Crippen molar-refractivity contribution in [2.45, 2.75) is 60.3 Å². The SMILES string of the molecule is CC(C)=CCC[C@@H](C)CC(=O)OCCC(C)C. The molecular weight excluding hydrogens is 212 g/mol. The van der Waals surface area contributed by atoms with E-state index in [1.807, 2.05) is 0 Å². The van der Waals surface area contributed by atoms with E-state index >= 15 is 0 Å². The van der Waals surface area contributed by atoms with Crippen molar-refractivity contribution < 1.29 is 9.53 Å². The quantitative estimate of drug-likeness (QED) is 0.466. The molecule has 0 rings (SSSR count). The van der Waals surface area contributed by atoms with Crippen LogP contribution in [0.5, 0.6) is 0 Å². The molecule has 0 unspecified atom stereocenters. The van der Waals surface area contributed by atoms with Crippen LogP contribution in [-0.2, 0) is 9.53 Å². The smallest absolute Gasteiger partial charge is 0.306 e. The molecule has 0 fully saturated rings. The second kappa shape index (κ2) is 9.26. The van der Waals surface area contributed by atoms with Crippen molar-refractivity contribution in [2.24, 2.45) is 11.8 Å². The maximum absolute atomic E-state index is 11.5. The maximum Gasteiger partial charge on any atom is 0.306 e. The Kier molecular flexibility index (Phi) is 8.83. The fourth-order valence-corrected chi connectivity index (χ4v) is 1.51. The van der Waals surface area contributed by atoms with Crippen LogP contribution in [0.4, 0.5) is 0 Å². The fraction of sp³-hybridized carbons (Fsp3) is 0.800. The molecule has 100 valence electrons. The molecule has 0 aromatic heterocycles. The molecular formula is C15H28O2. The highest BCUT2D eigenvalue weighted by atomic mass is 16.5. The Labute approximate surface area is 106 Å². The monoisotopic (exact) mass is 240 g/mol.